The monoisotopic (exact) mass is 410 g/mol. The molecule has 0 aliphatic carbocycles. The second kappa shape index (κ2) is 9.46. The van der Waals surface area contributed by atoms with Crippen molar-refractivity contribution in [2.45, 2.75) is 6.54 Å². The van der Waals surface area contributed by atoms with Gasteiger partial charge in [0.1, 0.15) is 0 Å². The molecule has 0 aromatic heterocycles. The Labute approximate surface area is 183 Å². The third-order valence-corrected chi connectivity index (χ3v) is 5.78. The number of nitrogens with one attached hydrogen (secondary N) is 1. The van der Waals surface area contributed by atoms with Crippen LogP contribution in [-0.2, 0) is 6.54 Å². The first-order valence-corrected chi connectivity index (χ1v) is 10.6. The minimum Gasteiger partial charge on any atom is -0.369 e. The molecule has 1 aliphatic heterocycles. The van der Waals surface area contributed by atoms with Gasteiger partial charge in [0.2, 0.25) is 0 Å². The average Bonchev–Trinajstić information content (AvgIpc) is 2.83. The Morgan fingerprint density at radius 3 is 2.32 bits per heavy atom. The SMILES string of the molecule is CN1CCN(c2ccccc2CNC(=O)c2ccccc2-c2ccccc2C#N)CC1. The van der Waals surface area contributed by atoms with Gasteiger partial charge in [0, 0.05) is 49.5 Å². The first-order chi connectivity index (χ1) is 15.2. The molecular weight excluding hydrogens is 384 g/mol. The number of likely N-dealkylation sites (N-methyl/N-ethyl adjacent to an activating group) is 1. The number of hydrogen-bond acceptors (Lipinski definition) is 4. The Hall–Kier alpha value is -3.62. The summed E-state index contributed by atoms with van der Waals surface area (Å²) in [6.45, 7) is 4.48. The number of nitriles is 1. The molecule has 4 rings (SSSR count). The number of piperazine rings is 1. The first kappa shape index (κ1) is 20.6. The summed E-state index contributed by atoms with van der Waals surface area (Å²) in [5.41, 5.74) is 4.96. The molecule has 31 heavy (non-hydrogen) atoms. The highest BCUT2D eigenvalue weighted by atomic mass is 16.1. The average molecular weight is 411 g/mol. The molecule has 0 radical (unpaired) electrons. The van der Waals surface area contributed by atoms with E-state index in [9.17, 15) is 10.1 Å². The van der Waals surface area contributed by atoms with Gasteiger partial charge in [0.15, 0.2) is 0 Å². The number of hydrogen-bond donors (Lipinski definition) is 1. The number of benzene rings is 3. The predicted molar refractivity (Wildman–Crippen MR) is 124 cm³/mol. The molecule has 1 fully saturated rings. The molecule has 1 heterocycles. The lowest BCUT2D eigenvalue weighted by Gasteiger charge is -2.35. The first-order valence-electron chi connectivity index (χ1n) is 10.6. The smallest absolute Gasteiger partial charge is 0.252 e. The van der Waals surface area contributed by atoms with Crippen LogP contribution in [0.1, 0.15) is 21.5 Å². The van der Waals surface area contributed by atoms with E-state index >= 15 is 0 Å². The molecule has 5 nitrogen and oxygen atoms in total. The topological polar surface area (TPSA) is 59.4 Å². The summed E-state index contributed by atoms with van der Waals surface area (Å²) in [5.74, 6) is -0.142. The molecule has 0 spiro atoms. The van der Waals surface area contributed by atoms with Crippen LogP contribution in [0.25, 0.3) is 11.1 Å². The van der Waals surface area contributed by atoms with E-state index in [0.717, 1.165) is 42.9 Å². The molecule has 1 aliphatic rings. The number of para-hydroxylation sites is 1. The maximum absolute atomic E-state index is 13.1. The third-order valence-electron chi connectivity index (χ3n) is 5.78. The highest BCUT2D eigenvalue weighted by Crippen LogP contribution is 2.27. The van der Waals surface area contributed by atoms with E-state index in [4.69, 9.17) is 0 Å². The number of amides is 1. The number of anilines is 1. The summed E-state index contributed by atoms with van der Waals surface area (Å²) in [7, 11) is 2.14. The van der Waals surface area contributed by atoms with Gasteiger partial charge < -0.3 is 15.1 Å². The van der Waals surface area contributed by atoms with Crippen LogP contribution in [0.15, 0.2) is 72.8 Å². The van der Waals surface area contributed by atoms with Crippen LogP contribution in [0.5, 0.6) is 0 Å². The van der Waals surface area contributed by atoms with Gasteiger partial charge in [0.25, 0.3) is 5.91 Å². The fraction of sp³-hybridized carbons (Fsp3) is 0.231. The van der Waals surface area contributed by atoms with Crippen LogP contribution < -0.4 is 10.2 Å². The standard InChI is InChI=1S/C26H26N4O/c1-29-14-16-30(17-15-29)25-13-7-3-9-21(25)19-28-26(31)24-12-6-5-11-23(24)22-10-4-2-8-20(22)18-27/h2-13H,14-17,19H2,1H3,(H,28,31). The van der Waals surface area contributed by atoms with Crippen molar-refractivity contribution < 1.29 is 4.79 Å². The van der Waals surface area contributed by atoms with Gasteiger partial charge in [0.05, 0.1) is 11.6 Å². The number of carbonyl (C=O) groups is 1. The van der Waals surface area contributed by atoms with Crippen molar-refractivity contribution in [2.75, 3.05) is 38.1 Å². The van der Waals surface area contributed by atoms with E-state index in [1.54, 1.807) is 6.07 Å². The molecule has 0 bridgehead atoms. The highest BCUT2D eigenvalue weighted by Gasteiger charge is 2.18. The van der Waals surface area contributed by atoms with Gasteiger partial charge in [-0.1, -0.05) is 54.6 Å². The van der Waals surface area contributed by atoms with E-state index in [1.807, 2.05) is 54.6 Å². The van der Waals surface area contributed by atoms with Crippen LogP contribution in [0, 0.1) is 11.3 Å². The maximum Gasteiger partial charge on any atom is 0.252 e. The van der Waals surface area contributed by atoms with E-state index in [-0.39, 0.29) is 5.91 Å². The maximum atomic E-state index is 13.1. The summed E-state index contributed by atoms with van der Waals surface area (Å²) >= 11 is 0. The normalized spacial score (nSPS) is 14.1. The minimum absolute atomic E-state index is 0.142. The van der Waals surface area contributed by atoms with Crippen molar-refractivity contribution in [1.29, 1.82) is 5.26 Å². The Morgan fingerprint density at radius 1 is 0.903 bits per heavy atom. The molecule has 0 unspecified atom stereocenters. The number of nitrogens with zero attached hydrogens (tertiary/aromatic N) is 3. The lowest BCUT2D eigenvalue weighted by atomic mass is 9.95. The fourth-order valence-electron chi connectivity index (χ4n) is 4.02. The van der Waals surface area contributed by atoms with Crippen LogP contribution in [0.4, 0.5) is 5.69 Å². The van der Waals surface area contributed by atoms with Crippen molar-refractivity contribution in [1.82, 2.24) is 10.2 Å². The van der Waals surface area contributed by atoms with Crippen LogP contribution in [0.3, 0.4) is 0 Å². The Bertz CT molecular complexity index is 1110. The van der Waals surface area contributed by atoms with Crippen molar-refractivity contribution in [2.24, 2.45) is 0 Å². The number of carbonyl (C=O) groups excluding carboxylic acids is 1. The van der Waals surface area contributed by atoms with Gasteiger partial charge in [-0.15, -0.1) is 0 Å². The fourth-order valence-corrected chi connectivity index (χ4v) is 4.02. The lowest BCUT2D eigenvalue weighted by molar-refractivity contribution is 0.0951. The van der Waals surface area contributed by atoms with Crippen molar-refractivity contribution >= 4 is 11.6 Å². The molecule has 0 atom stereocenters. The third kappa shape index (κ3) is 4.60. The molecule has 0 saturated carbocycles. The van der Waals surface area contributed by atoms with Gasteiger partial charge in [-0.05, 0) is 36.4 Å². The van der Waals surface area contributed by atoms with Gasteiger partial charge >= 0.3 is 0 Å². The molecule has 3 aromatic rings. The molecule has 5 heteroatoms. The summed E-state index contributed by atoms with van der Waals surface area (Å²) in [6, 6.07) is 25.3. The second-order valence-corrected chi connectivity index (χ2v) is 7.80. The van der Waals surface area contributed by atoms with E-state index in [2.05, 4.69) is 40.4 Å². The van der Waals surface area contributed by atoms with Crippen molar-refractivity contribution in [3.63, 3.8) is 0 Å². The predicted octanol–water partition coefficient (Wildman–Crippen LogP) is 3.91. The molecule has 156 valence electrons. The van der Waals surface area contributed by atoms with Crippen LogP contribution in [0.2, 0.25) is 0 Å². The number of rotatable bonds is 5. The largest absolute Gasteiger partial charge is 0.369 e. The molecule has 1 amide bonds. The zero-order chi connectivity index (χ0) is 21.6. The summed E-state index contributed by atoms with van der Waals surface area (Å²) in [5, 5.41) is 12.6. The van der Waals surface area contributed by atoms with E-state index in [1.165, 1.54) is 5.69 Å². The van der Waals surface area contributed by atoms with E-state index < -0.39 is 0 Å². The Morgan fingerprint density at radius 2 is 1.55 bits per heavy atom. The van der Waals surface area contributed by atoms with Gasteiger partial charge in [-0.25, -0.2) is 0 Å². The molecular formula is C26H26N4O. The summed E-state index contributed by atoms with van der Waals surface area (Å²) in [4.78, 5) is 17.8. The lowest BCUT2D eigenvalue weighted by Crippen LogP contribution is -2.45. The van der Waals surface area contributed by atoms with Crippen LogP contribution in [-0.4, -0.2) is 44.0 Å². The molecule has 1 N–H and O–H groups in total. The Kier molecular flexibility index (Phi) is 6.30. The van der Waals surface area contributed by atoms with Gasteiger partial charge in [-0.2, -0.15) is 5.26 Å². The highest BCUT2D eigenvalue weighted by molar-refractivity contribution is 6.01. The second-order valence-electron chi connectivity index (χ2n) is 7.80. The molecule has 1 saturated heterocycles. The molecule has 3 aromatic carbocycles. The van der Waals surface area contributed by atoms with E-state index in [0.29, 0.717) is 17.7 Å². The van der Waals surface area contributed by atoms with Crippen LogP contribution >= 0.6 is 0 Å². The summed E-state index contributed by atoms with van der Waals surface area (Å²) in [6.07, 6.45) is 0. The Balaban J connectivity index is 1.54. The summed E-state index contributed by atoms with van der Waals surface area (Å²) < 4.78 is 0. The van der Waals surface area contributed by atoms with Crippen molar-refractivity contribution in [3.8, 4) is 17.2 Å². The minimum atomic E-state index is -0.142. The van der Waals surface area contributed by atoms with Gasteiger partial charge in [-0.3, -0.25) is 4.79 Å². The zero-order valence-electron chi connectivity index (χ0n) is 17.7. The van der Waals surface area contributed by atoms with Crippen molar-refractivity contribution in [3.05, 3.63) is 89.5 Å². The zero-order valence-corrected chi connectivity index (χ0v) is 17.7. The quantitative estimate of drug-likeness (QED) is 0.693.